The van der Waals surface area contributed by atoms with Crippen LogP contribution in [0.4, 0.5) is 21.8 Å². The topological polar surface area (TPSA) is 172 Å². The summed E-state index contributed by atoms with van der Waals surface area (Å²) in [5.74, 6) is 2.20. The molecule has 15 nitrogen and oxygen atoms in total. The number of nitrogens with one attached hydrogen (secondary N) is 3. The highest BCUT2D eigenvalue weighted by Gasteiger charge is 2.32. The van der Waals surface area contributed by atoms with Crippen molar-refractivity contribution in [2.75, 3.05) is 56.7 Å². The van der Waals surface area contributed by atoms with Crippen LogP contribution in [0.25, 0.3) is 16.7 Å². The number of likely N-dealkylation sites (N-methyl/N-ethyl adjacent to an activating group) is 1. The predicted octanol–water partition coefficient (Wildman–Crippen LogP) is 7.48. The SMILES string of the molecule is C.C.C.C[C@@H]1CCN(C(=O)CC#N)C[C@@H]1N(C)c1ncnc2[nH]ccc12.Cc1cc(Nc2cc(CN3CCOCC3)c3nc(C)c(Cc4ccc(Cl)cc4F)n3n2)n[nH]1. The number of H-pyrrole nitrogens is 2. The Kier molecular flexibility index (Phi) is 15.9. The van der Waals surface area contributed by atoms with Crippen LogP contribution in [-0.2, 0) is 22.5 Å². The minimum atomic E-state index is -0.341. The Morgan fingerprint density at radius 1 is 1.08 bits per heavy atom. The zero-order valence-corrected chi connectivity index (χ0v) is 32.6. The van der Waals surface area contributed by atoms with Crippen molar-refractivity contribution in [1.29, 1.82) is 5.26 Å². The average molecular weight is 830 g/mol. The normalized spacial score (nSPS) is 16.5. The number of nitrogens with zero attached hydrogens (tertiary/aromatic N) is 10. The lowest BCUT2D eigenvalue weighted by atomic mass is 9.92. The average Bonchev–Trinajstić information content (AvgIpc) is 3.92. The van der Waals surface area contributed by atoms with E-state index < -0.39 is 0 Å². The number of hydrogen-bond acceptors (Lipinski definition) is 11. The summed E-state index contributed by atoms with van der Waals surface area (Å²) in [6, 6.07) is 12.7. The molecule has 7 heterocycles. The van der Waals surface area contributed by atoms with Crippen LogP contribution in [0.1, 0.15) is 70.3 Å². The van der Waals surface area contributed by atoms with E-state index in [-0.39, 0.29) is 46.5 Å². The maximum absolute atomic E-state index is 14.6. The second-order valence-electron chi connectivity index (χ2n) is 14.4. The number of morpholine rings is 1. The van der Waals surface area contributed by atoms with Crippen LogP contribution in [0.15, 0.2) is 48.9 Å². The summed E-state index contributed by atoms with van der Waals surface area (Å²) in [6.45, 7) is 11.3. The van der Waals surface area contributed by atoms with E-state index in [1.807, 2.05) is 55.9 Å². The molecule has 2 aliphatic heterocycles. The Hall–Kier alpha value is -5.63. The van der Waals surface area contributed by atoms with Crippen LogP contribution in [-0.4, -0.2) is 108 Å². The van der Waals surface area contributed by atoms with Crippen LogP contribution in [0, 0.1) is 36.9 Å². The van der Waals surface area contributed by atoms with Crippen molar-refractivity contribution in [3.05, 3.63) is 88.0 Å². The number of halogens is 2. The molecule has 1 amide bonds. The molecule has 17 heteroatoms. The number of ether oxygens (including phenoxy) is 1. The molecule has 0 saturated carbocycles. The van der Waals surface area contributed by atoms with Crippen molar-refractivity contribution in [3.8, 4) is 6.07 Å². The van der Waals surface area contributed by atoms with E-state index in [1.54, 1.807) is 23.4 Å². The summed E-state index contributed by atoms with van der Waals surface area (Å²) in [4.78, 5) is 34.9. The van der Waals surface area contributed by atoms with Crippen LogP contribution < -0.4 is 10.2 Å². The molecule has 316 valence electrons. The van der Waals surface area contributed by atoms with Gasteiger partial charge in [0.05, 0.1) is 42.1 Å². The summed E-state index contributed by atoms with van der Waals surface area (Å²) in [7, 11) is 2.01. The monoisotopic (exact) mass is 829 g/mol. The number of benzene rings is 1. The van der Waals surface area contributed by atoms with Gasteiger partial charge in [0.2, 0.25) is 5.91 Å². The number of hydrogen-bond donors (Lipinski definition) is 3. The maximum atomic E-state index is 14.6. The number of fused-ring (bicyclic) bond motifs is 2. The van der Waals surface area contributed by atoms with Crippen LogP contribution in [0.2, 0.25) is 5.02 Å². The quantitative estimate of drug-likeness (QED) is 0.132. The summed E-state index contributed by atoms with van der Waals surface area (Å²) in [5.41, 5.74) is 5.75. The largest absolute Gasteiger partial charge is 0.379 e. The fraction of sp³-hybridized carbons (Fsp3) is 0.452. The Labute approximate surface area is 350 Å². The molecule has 0 spiro atoms. The number of anilines is 3. The van der Waals surface area contributed by atoms with E-state index in [0.717, 1.165) is 77.7 Å². The van der Waals surface area contributed by atoms with Gasteiger partial charge in [-0.15, -0.1) is 5.10 Å². The van der Waals surface area contributed by atoms with Crippen molar-refractivity contribution < 1.29 is 13.9 Å². The van der Waals surface area contributed by atoms with Gasteiger partial charge in [0.15, 0.2) is 17.3 Å². The zero-order chi connectivity index (χ0) is 39.3. The standard InChI is InChI=1S/C23H25ClFN7O.C16H20N6O.3CH4/c1-14-9-21(29-28-14)27-22-11-17(13-31-5-7-33-8-6-31)23-26-15(2)20(32(23)30-22)10-16-3-4-18(24)12-19(16)25;1-11-5-8-22(14(23)3-6-17)9-13(11)21(2)16-12-4-7-18-15(12)19-10-20-16;;;/h3-4,9,11-12H,5-8,10,13H2,1-2H3,(H2,27,28,29,30);4,7,10-11,13H,3,5,8-9H2,1-2H3,(H,18,19,20);3*1H4/t;11-,13+;;;/m.1.../s1. The van der Waals surface area contributed by atoms with Crippen molar-refractivity contribution in [2.24, 2.45) is 5.92 Å². The molecule has 8 rings (SSSR count). The van der Waals surface area contributed by atoms with Gasteiger partial charge in [-0.05, 0) is 56.0 Å². The number of piperidine rings is 1. The second-order valence-corrected chi connectivity index (χ2v) is 14.8. The molecule has 2 aliphatic rings. The molecule has 2 fully saturated rings. The van der Waals surface area contributed by atoms with E-state index in [0.29, 0.717) is 54.3 Å². The van der Waals surface area contributed by atoms with Gasteiger partial charge < -0.3 is 24.8 Å². The number of nitriles is 1. The van der Waals surface area contributed by atoms with Gasteiger partial charge in [0.25, 0.3) is 0 Å². The Morgan fingerprint density at radius 2 is 1.86 bits per heavy atom. The van der Waals surface area contributed by atoms with E-state index in [1.165, 1.54) is 6.07 Å². The maximum Gasteiger partial charge on any atom is 0.236 e. The van der Waals surface area contributed by atoms with E-state index in [9.17, 15) is 9.18 Å². The first-order valence-electron chi connectivity index (χ1n) is 18.6. The summed E-state index contributed by atoms with van der Waals surface area (Å²) >= 11 is 5.94. The van der Waals surface area contributed by atoms with Gasteiger partial charge >= 0.3 is 0 Å². The Bertz CT molecular complexity index is 2360. The third kappa shape index (κ3) is 10.5. The molecular weight excluding hydrogens is 773 g/mol. The lowest BCUT2D eigenvalue weighted by molar-refractivity contribution is -0.131. The number of aromatic amines is 2. The molecule has 0 aliphatic carbocycles. The van der Waals surface area contributed by atoms with Gasteiger partial charge in [-0.1, -0.05) is 46.9 Å². The fourth-order valence-electron chi connectivity index (χ4n) is 7.33. The number of imidazole rings is 1. The number of aryl methyl sites for hydroxylation is 2. The van der Waals surface area contributed by atoms with Crippen LogP contribution >= 0.6 is 11.6 Å². The van der Waals surface area contributed by atoms with Gasteiger partial charge in [-0.25, -0.2) is 23.9 Å². The third-order valence-electron chi connectivity index (χ3n) is 10.5. The Morgan fingerprint density at radius 3 is 2.58 bits per heavy atom. The van der Waals surface area contributed by atoms with Gasteiger partial charge in [-0.2, -0.15) is 10.4 Å². The second kappa shape index (κ2) is 20.4. The zero-order valence-electron chi connectivity index (χ0n) is 31.9. The summed E-state index contributed by atoms with van der Waals surface area (Å²) in [5, 5.41) is 25.4. The highest BCUT2D eigenvalue weighted by atomic mass is 35.5. The lowest BCUT2D eigenvalue weighted by Crippen LogP contribution is -2.52. The van der Waals surface area contributed by atoms with E-state index >= 15 is 0 Å². The van der Waals surface area contributed by atoms with Gasteiger partial charge in [0, 0.05) is 74.7 Å². The van der Waals surface area contributed by atoms with Crippen LogP contribution in [0.3, 0.4) is 0 Å². The molecule has 5 aromatic heterocycles. The number of carbonyl (C=O) groups excluding carboxylic acids is 1. The molecule has 2 atom stereocenters. The molecule has 0 bridgehead atoms. The minimum Gasteiger partial charge on any atom is -0.379 e. The van der Waals surface area contributed by atoms with E-state index in [2.05, 4.69) is 47.2 Å². The molecule has 3 N–H and O–H groups in total. The molecule has 6 aromatic rings. The number of likely N-dealkylation sites (tertiary alicyclic amines) is 1. The number of rotatable bonds is 9. The smallest absolute Gasteiger partial charge is 0.236 e. The highest BCUT2D eigenvalue weighted by Crippen LogP contribution is 2.29. The molecular formula is C42H57ClFN13O2. The summed E-state index contributed by atoms with van der Waals surface area (Å²) in [6.07, 6.45) is 4.62. The third-order valence-corrected chi connectivity index (χ3v) is 10.7. The number of carbonyl (C=O) groups is 1. The number of aromatic nitrogens is 8. The number of amides is 1. The fourth-order valence-corrected chi connectivity index (χ4v) is 7.49. The predicted molar refractivity (Wildman–Crippen MR) is 232 cm³/mol. The molecule has 59 heavy (non-hydrogen) atoms. The first kappa shape index (κ1) is 46.1. The first-order chi connectivity index (χ1) is 27.1. The van der Waals surface area contributed by atoms with E-state index in [4.69, 9.17) is 31.7 Å². The van der Waals surface area contributed by atoms with Gasteiger partial charge in [-0.3, -0.25) is 14.8 Å². The first-order valence-corrected chi connectivity index (χ1v) is 19.0. The van der Waals surface area contributed by atoms with Crippen molar-refractivity contribution >= 4 is 51.6 Å². The van der Waals surface area contributed by atoms with Crippen LogP contribution in [0.5, 0.6) is 0 Å². The molecule has 0 radical (unpaired) electrons. The van der Waals surface area contributed by atoms with Crippen molar-refractivity contribution in [3.63, 3.8) is 0 Å². The minimum absolute atomic E-state index is 0. The molecule has 0 unspecified atom stereocenters. The molecule has 2 saturated heterocycles. The highest BCUT2D eigenvalue weighted by molar-refractivity contribution is 6.30. The van der Waals surface area contributed by atoms with Crippen molar-refractivity contribution in [1.82, 2.24) is 49.5 Å². The molecule has 1 aromatic carbocycles. The lowest BCUT2D eigenvalue weighted by Gasteiger charge is -2.42. The summed E-state index contributed by atoms with van der Waals surface area (Å²) < 4.78 is 21.9. The Balaban J connectivity index is 0.000000263. The van der Waals surface area contributed by atoms with Crippen molar-refractivity contribution in [2.45, 2.75) is 74.9 Å². The van der Waals surface area contributed by atoms with Gasteiger partial charge in [0.1, 0.15) is 30.0 Å².